The molecule has 2 heteroatoms. The largest absolute Gasteiger partial charge is 0.368 e. The second kappa shape index (κ2) is 4.71. The van der Waals surface area contributed by atoms with Gasteiger partial charge in [0, 0.05) is 16.5 Å². The van der Waals surface area contributed by atoms with E-state index in [1.54, 1.807) is 0 Å². The molecule has 1 aromatic heterocycles. The summed E-state index contributed by atoms with van der Waals surface area (Å²) in [4.78, 5) is 0. The number of para-hydroxylation sites is 1. The van der Waals surface area contributed by atoms with Gasteiger partial charge in [0.05, 0.1) is 17.6 Å². The van der Waals surface area contributed by atoms with Crippen molar-refractivity contribution in [2.45, 2.75) is 13.0 Å². The van der Waals surface area contributed by atoms with Crippen LogP contribution in [0.4, 0.5) is 0 Å². The van der Waals surface area contributed by atoms with Crippen molar-refractivity contribution in [3.63, 3.8) is 0 Å². The van der Waals surface area contributed by atoms with E-state index in [0.717, 1.165) is 6.61 Å². The Morgan fingerprint density at radius 1 is 0.870 bits per heavy atom. The molecule has 1 saturated heterocycles. The lowest BCUT2D eigenvalue weighted by Gasteiger charge is -2.08. The van der Waals surface area contributed by atoms with E-state index < -0.39 is 0 Å². The lowest BCUT2D eigenvalue weighted by Crippen LogP contribution is -1.94. The molecule has 0 N–H and O–H groups in total. The van der Waals surface area contributed by atoms with E-state index in [4.69, 9.17) is 4.74 Å². The minimum atomic E-state index is 0.310. The Labute approximate surface area is 134 Å². The van der Waals surface area contributed by atoms with Crippen molar-refractivity contribution in [3.05, 3.63) is 77.9 Å². The number of aromatic nitrogens is 1. The van der Waals surface area contributed by atoms with Gasteiger partial charge in [-0.1, -0.05) is 42.5 Å². The molecule has 3 aromatic carbocycles. The van der Waals surface area contributed by atoms with Gasteiger partial charge in [0.2, 0.25) is 0 Å². The highest BCUT2D eigenvalue weighted by Gasteiger charge is 2.24. The molecule has 0 spiro atoms. The zero-order chi connectivity index (χ0) is 15.4. The average molecular weight is 299 g/mol. The number of aryl methyl sites for hydroxylation is 1. The van der Waals surface area contributed by atoms with Gasteiger partial charge in [-0.15, -0.1) is 0 Å². The number of ether oxygens (including phenoxy) is 1. The molecule has 1 unspecified atom stereocenters. The Morgan fingerprint density at radius 2 is 1.61 bits per heavy atom. The molecular formula is C21H17NO. The lowest BCUT2D eigenvalue weighted by atomic mass is 10.1. The Kier molecular flexibility index (Phi) is 2.64. The highest BCUT2D eigenvalue weighted by Crippen LogP contribution is 2.35. The first kappa shape index (κ1) is 12.9. The SMILES string of the molecule is Cc1cccc2c1c1ccccc1n2-c1ccc(C2CO2)cc1. The molecule has 5 rings (SSSR count). The molecule has 2 heterocycles. The third kappa shape index (κ3) is 1.92. The van der Waals surface area contributed by atoms with E-state index >= 15 is 0 Å². The minimum Gasteiger partial charge on any atom is -0.368 e. The van der Waals surface area contributed by atoms with E-state index in [1.807, 2.05) is 0 Å². The fraction of sp³-hybridized carbons (Fsp3) is 0.143. The van der Waals surface area contributed by atoms with Crippen molar-refractivity contribution in [1.82, 2.24) is 4.57 Å². The lowest BCUT2D eigenvalue weighted by molar-refractivity contribution is 0.415. The fourth-order valence-corrected chi connectivity index (χ4v) is 3.56. The zero-order valence-electron chi connectivity index (χ0n) is 13.0. The van der Waals surface area contributed by atoms with E-state index in [1.165, 1.54) is 38.6 Å². The van der Waals surface area contributed by atoms with Crippen molar-refractivity contribution in [1.29, 1.82) is 0 Å². The molecular weight excluding hydrogens is 282 g/mol. The molecule has 1 fully saturated rings. The van der Waals surface area contributed by atoms with Crippen LogP contribution in [0, 0.1) is 6.92 Å². The Morgan fingerprint density at radius 3 is 2.39 bits per heavy atom. The summed E-state index contributed by atoms with van der Waals surface area (Å²) in [6.07, 6.45) is 0.310. The quantitative estimate of drug-likeness (QED) is 0.467. The first-order chi connectivity index (χ1) is 11.3. The van der Waals surface area contributed by atoms with Crippen LogP contribution in [0.15, 0.2) is 66.7 Å². The minimum absolute atomic E-state index is 0.310. The molecule has 0 bridgehead atoms. The molecule has 0 radical (unpaired) electrons. The van der Waals surface area contributed by atoms with Gasteiger partial charge in [0.15, 0.2) is 0 Å². The van der Waals surface area contributed by atoms with Crippen LogP contribution in [0.1, 0.15) is 17.2 Å². The van der Waals surface area contributed by atoms with Gasteiger partial charge in [0.25, 0.3) is 0 Å². The van der Waals surface area contributed by atoms with E-state index in [0.29, 0.717) is 6.10 Å². The second-order valence-corrected chi connectivity index (χ2v) is 6.24. The highest BCUT2D eigenvalue weighted by molar-refractivity contribution is 6.10. The number of hydrogen-bond acceptors (Lipinski definition) is 1. The first-order valence-corrected chi connectivity index (χ1v) is 8.03. The number of epoxide rings is 1. The Bertz CT molecular complexity index is 1020. The summed E-state index contributed by atoms with van der Waals surface area (Å²) in [5.41, 5.74) is 6.31. The smallest absolute Gasteiger partial charge is 0.106 e. The van der Waals surface area contributed by atoms with Crippen LogP contribution in [-0.2, 0) is 4.74 Å². The molecule has 112 valence electrons. The van der Waals surface area contributed by atoms with Gasteiger partial charge in [-0.2, -0.15) is 0 Å². The van der Waals surface area contributed by atoms with E-state index in [9.17, 15) is 0 Å². The predicted molar refractivity (Wildman–Crippen MR) is 94.2 cm³/mol. The molecule has 4 aromatic rings. The molecule has 0 amide bonds. The van der Waals surface area contributed by atoms with Gasteiger partial charge < -0.3 is 9.30 Å². The third-order valence-corrected chi connectivity index (χ3v) is 4.76. The van der Waals surface area contributed by atoms with Gasteiger partial charge >= 0.3 is 0 Å². The van der Waals surface area contributed by atoms with Crippen LogP contribution in [0.5, 0.6) is 0 Å². The molecule has 0 saturated carbocycles. The highest BCUT2D eigenvalue weighted by atomic mass is 16.6. The van der Waals surface area contributed by atoms with Crippen LogP contribution in [0.25, 0.3) is 27.5 Å². The van der Waals surface area contributed by atoms with E-state index in [2.05, 4.69) is 78.2 Å². The number of nitrogens with zero attached hydrogens (tertiary/aromatic N) is 1. The topological polar surface area (TPSA) is 17.5 Å². The normalized spacial score (nSPS) is 17.0. The molecule has 23 heavy (non-hydrogen) atoms. The maximum Gasteiger partial charge on any atom is 0.106 e. The predicted octanol–water partition coefficient (Wildman–Crippen LogP) is 5.16. The van der Waals surface area contributed by atoms with Crippen LogP contribution >= 0.6 is 0 Å². The summed E-state index contributed by atoms with van der Waals surface area (Å²) in [5.74, 6) is 0. The average Bonchev–Trinajstić information content (AvgIpc) is 3.37. The Hall–Kier alpha value is -2.58. The van der Waals surface area contributed by atoms with Crippen LogP contribution in [0.3, 0.4) is 0 Å². The zero-order valence-corrected chi connectivity index (χ0v) is 13.0. The third-order valence-electron chi connectivity index (χ3n) is 4.76. The number of hydrogen-bond donors (Lipinski definition) is 0. The maximum atomic E-state index is 5.37. The maximum absolute atomic E-state index is 5.37. The van der Waals surface area contributed by atoms with Gasteiger partial charge in [-0.25, -0.2) is 0 Å². The summed E-state index contributed by atoms with van der Waals surface area (Å²) < 4.78 is 7.73. The molecule has 2 nitrogen and oxygen atoms in total. The van der Waals surface area contributed by atoms with Gasteiger partial charge in [-0.3, -0.25) is 0 Å². The van der Waals surface area contributed by atoms with Crippen molar-refractivity contribution in [3.8, 4) is 5.69 Å². The Balaban J connectivity index is 1.83. The summed E-state index contributed by atoms with van der Waals surface area (Å²) in [6, 6.07) is 23.9. The summed E-state index contributed by atoms with van der Waals surface area (Å²) in [5, 5.41) is 2.66. The van der Waals surface area contributed by atoms with Crippen molar-refractivity contribution < 1.29 is 4.74 Å². The van der Waals surface area contributed by atoms with Gasteiger partial charge in [-0.05, 0) is 42.3 Å². The van der Waals surface area contributed by atoms with Crippen LogP contribution < -0.4 is 0 Å². The number of benzene rings is 3. The molecule has 1 atom stereocenters. The second-order valence-electron chi connectivity index (χ2n) is 6.24. The summed E-state index contributed by atoms with van der Waals surface area (Å²) >= 11 is 0. The van der Waals surface area contributed by atoms with E-state index in [-0.39, 0.29) is 0 Å². The standard InChI is InChI=1S/C21H17NO/c1-14-5-4-8-19-21(14)17-6-2-3-7-18(17)22(19)16-11-9-15(10-12-16)20-13-23-20/h2-12,20H,13H2,1H3. The molecule has 1 aliphatic rings. The number of rotatable bonds is 2. The molecule has 1 aliphatic heterocycles. The van der Waals surface area contributed by atoms with Gasteiger partial charge in [0.1, 0.15) is 6.10 Å². The van der Waals surface area contributed by atoms with Crippen LogP contribution in [-0.4, -0.2) is 11.2 Å². The monoisotopic (exact) mass is 299 g/mol. The first-order valence-electron chi connectivity index (χ1n) is 8.03. The summed E-state index contributed by atoms with van der Waals surface area (Å²) in [6.45, 7) is 3.04. The van der Waals surface area contributed by atoms with Crippen LogP contribution in [0.2, 0.25) is 0 Å². The summed E-state index contributed by atoms with van der Waals surface area (Å²) in [7, 11) is 0. The van der Waals surface area contributed by atoms with Crippen molar-refractivity contribution in [2.24, 2.45) is 0 Å². The molecule has 0 aliphatic carbocycles. The van der Waals surface area contributed by atoms with Crippen molar-refractivity contribution >= 4 is 21.8 Å². The number of fused-ring (bicyclic) bond motifs is 3. The fourth-order valence-electron chi connectivity index (χ4n) is 3.56. The van der Waals surface area contributed by atoms with Crippen molar-refractivity contribution in [2.75, 3.05) is 6.61 Å².